The van der Waals surface area contributed by atoms with Gasteiger partial charge in [0.15, 0.2) is 0 Å². The summed E-state index contributed by atoms with van der Waals surface area (Å²) in [5, 5.41) is 10.0. The summed E-state index contributed by atoms with van der Waals surface area (Å²) in [5.41, 5.74) is 3.08. The second-order valence-electron chi connectivity index (χ2n) is 12.0. The van der Waals surface area contributed by atoms with Gasteiger partial charge in [0.2, 0.25) is 0 Å². The Kier molecular flexibility index (Phi) is 13.6. The molecule has 4 rings (SSSR count). The summed E-state index contributed by atoms with van der Waals surface area (Å²) in [6.45, 7) is 7.66. The molecule has 1 saturated heterocycles. The standard InChI is InChI=1S/C34H51N3O8/c1-25(35(2)3)23-44-31-21-37(34(38)39)22-32(33(31)27-9-11-28(12-10-27)42-18-7-17-41-5)45-24-26-8-13-30-29(20-26)36(15-19-43-30)14-6-16-40-4/h8-13,20,25,31-33H,6-7,14-19,21-24H2,1-5H3,(H,38,39)/t25-,31-,32+,33+/m1/s1. The number of carboxylic acid groups (broad SMARTS) is 1. The van der Waals surface area contributed by atoms with Gasteiger partial charge in [0.05, 0.1) is 57.4 Å². The van der Waals surface area contributed by atoms with E-state index in [1.165, 1.54) is 4.90 Å². The summed E-state index contributed by atoms with van der Waals surface area (Å²) >= 11 is 0. The van der Waals surface area contributed by atoms with Gasteiger partial charge in [-0.15, -0.1) is 0 Å². The molecular formula is C34H51N3O8. The highest BCUT2D eigenvalue weighted by atomic mass is 16.5. The number of rotatable bonds is 17. The van der Waals surface area contributed by atoms with E-state index < -0.39 is 12.2 Å². The minimum atomic E-state index is -0.978. The number of likely N-dealkylation sites (N-methyl/N-ethyl adjacent to an activating group) is 1. The molecule has 1 amide bonds. The van der Waals surface area contributed by atoms with Gasteiger partial charge in [0.1, 0.15) is 18.1 Å². The monoisotopic (exact) mass is 629 g/mol. The molecule has 2 aliphatic heterocycles. The van der Waals surface area contributed by atoms with E-state index in [1.807, 2.05) is 50.5 Å². The number of hydrogen-bond donors (Lipinski definition) is 1. The number of amides is 1. The van der Waals surface area contributed by atoms with Crippen LogP contribution in [0.1, 0.15) is 36.8 Å². The second-order valence-corrected chi connectivity index (χ2v) is 12.0. The molecule has 2 heterocycles. The molecule has 0 aliphatic carbocycles. The van der Waals surface area contributed by atoms with Gasteiger partial charge < -0.3 is 48.2 Å². The molecule has 11 heteroatoms. The molecule has 2 aliphatic rings. The Balaban J connectivity index is 1.55. The predicted molar refractivity (Wildman–Crippen MR) is 173 cm³/mol. The lowest BCUT2D eigenvalue weighted by Gasteiger charge is -2.43. The van der Waals surface area contributed by atoms with Crippen LogP contribution >= 0.6 is 0 Å². The van der Waals surface area contributed by atoms with Gasteiger partial charge in [-0.05, 0) is 62.8 Å². The summed E-state index contributed by atoms with van der Waals surface area (Å²) < 4.78 is 35.3. The summed E-state index contributed by atoms with van der Waals surface area (Å²) in [7, 11) is 7.42. The molecule has 0 saturated carbocycles. The van der Waals surface area contributed by atoms with Gasteiger partial charge in [-0.25, -0.2) is 4.79 Å². The van der Waals surface area contributed by atoms with Crippen LogP contribution in [0, 0.1) is 0 Å². The van der Waals surface area contributed by atoms with Crippen molar-refractivity contribution in [1.29, 1.82) is 0 Å². The lowest BCUT2D eigenvalue weighted by molar-refractivity contribution is -0.0951. The highest BCUT2D eigenvalue weighted by molar-refractivity contribution is 5.65. The first kappa shape index (κ1) is 34.8. The molecule has 1 N–H and O–H groups in total. The molecule has 0 aromatic heterocycles. The van der Waals surface area contributed by atoms with E-state index in [0.29, 0.717) is 39.6 Å². The Morgan fingerprint density at radius 1 is 1.00 bits per heavy atom. The van der Waals surface area contributed by atoms with Crippen molar-refractivity contribution in [1.82, 2.24) is 9.80 Å². The molecule has 0 bridgehead atoms. The molecular weight excluding hydrogens is 578 g/mol. The summed E-state index contributed by atoms with van der Waals surface area (Å²) in [6.07, 6.45) is -0.0524. The van der Waals surface area contributed by atoms with Crippen molar-refractivity contribution in [2.45, 2.75) is 50.5 Å². The third-order valence-corrected chi connectivity index (χ3v) is 8.56. The van der Waals surface area contributed by atoms with E-state index >= 15 is 0 Å². The minimum Gasteiger partial charge on any atom is -0.494 e. The molecule has 4 atom stereocenters. The van der Waals surface area contributed by atoms with E-state index in [0.717, 1.165) is 54.2 Å². The van der Waals surface area contributed by atoms with Crippen molar-refractivity contribution in [3.8, 4) is 11.5 Å². The van der Waals surface area contributed by atoms with Crippen LogP contribution < -0.4 is 14.4 Å². The third kappa shape index (κ3) is 9.95. The van der Waals surface area contributed by atoms with Gasteiger partial charge in [0.25, 0.3) is 0 Å². The van der Waals surface area contributed by atoms with Crippen LogP contribution in [0.3, 0.4) is 0 Å². The van der Waals surface area contributed by atoms with Crippen LogP contribution in [-0.4, -0.2) is 127 Å². The smallest absolute Gasteiger partial charge is 0.407 e. The second kappa shape index (κ2) is 17.6. The molecule has 0 unspecified atom stereocenters. The van der Waals surface area contributed by atoms with Crippen molar-refractivity contribution in [2.24, 2.45) is 0 Å². The molecule has 11 nitrogen and oxygen atoms in total. The number of anilines is 1. The number of likely N-dealkylation sites (tertiary alicyclic amines) is 1. The zero-order valence-corrected chi connectivity index (χ0v) is 27.5. The Morgan fingerprint density at radius 2 is 1.71 bits per heavy atom. The number of hydrogen-bond acceptors (Lipinski definition) is 9. The Bertz CT molecular complexity index is 1180. The third-order valence-electron chi connectivity index (χ3n) is 8.56. The van der Waals surface area contributed by atoms with Crippen LogP contribution in [0.25, 0.3) is 0 Å². The zero-order chi connectivity index (χ0) is 32.2. The fourth-order valence-corrected chi connectivity index (χ4v) is 5.71. The number of ether oxygens (including phenoxy) is 6. The normalized spacial score (nSPS) is 20.5. The van der Waals surface area contributed by atoms with E-state index in [1.54, 1.807) is 14.2 Å². The fraction of sp³-hybridized carbons (Fsp3) is 0.618. The first-order valence-corrected chi connectivity index (χ1v) is 15.9. The molecule has 2 aromatic carbocycles. The van der Waals surface area contributed by atoms with Crippen molar-refractivity contribution >= 4 is 11.8 Å². The highest BCUT2D eigenvalue weighted by Gasteiger charge is 2.41. The number of nitrogens with zero attached hydrogens (tertiary/aromatic N) is 3. The Hall–Kier alpha value is -3.09. The molecule has 0 spiro atoms. The zero-order valence-electron chi connectivity index (χ0n) is 27.5. The maximum absolute atomic E-state index is 12.3. The van der Waals surface area contributed by atoms with Crippen LogP contribution in [0.5, 0.6) is 11.5 Å². The fourth-order valence-electron chi connectivity index (χ4n) is 5.71. The largest absolute Gasteiger partial charge is 0.494 e. The predicted octanol–water partition coefficient (Wildman–Crippen LogP) is 4.34. The lowest BCUT2D eigenvalue weighted by atomic mass is 9.84. The van der Waals surface area contributed by atoms with E-state index in [4.69, 9.17) is 28.4 Å². The summed E-state index contributed by atoms with van der Waals surface area (Å²) in [5.74, 6) is 1.47. The quantitative estimate of drug-likeness (QED) is 0.255. The maximum atomic E-state index is 12.3. The number of benzene rings is 2. The average molecular weight is 630 g/mol. The van der Waals surface area contributed by atoms with Crippen molar-refractivity contribution < 1.29 is 38.3 Å². The lowest BCUT2D eigenvalue weighted by Crippen LogP contribution is -2.54. The molecule has 1 fully saturated rings. The van der Waals surface area contributed by atoms with Crippen LogP contribution in [0.15, 0.2) is 42.5 Å². The highest BCUT2D eigenvalue weighted by Crippen LogP contribution is 2.36. The van der Waals surface area contributed by atoms with E-state index in [2.05, 4.69) is 22.8 Å². The van der Waals surface area contributed by atoms with Crippen molar-refractivity contribution in [3.63, 3.8) is 0 Å². The SMILES string of the molecule is COCCCOc1ccc([C@@H]2[C@@H](OCc3ccc4c(c3)N(CCCOC)CCO4)CN(C(=O)O)C[C@H]2OC[C@@H](C)N(C)C)cc1. The molecule has 45 heavy (non-hydrogen) atoms. The first-order valence-electron chi connectivity index (χ1n) is 15.9. The average Bonchev–Trinajstić information content (AvgIpc) is 3.04. The number of methoxy groups -OCH3 is 2. The van der Waals surface area contributed by atoms with Crippen LogP contribution in [-0.2, 0) is 25.6 Å². The number of carbonyl (C=O) groups is 1. The first-order chi connectivity index (χ1) is 21.8. The minimum absolute atomic E-state index is 0.164. The van der Waals surface area contributed by atoms with Crippen LogP contribution in [0.2, 0.25) is 0 Å². The van der Waals surface area contributed by atoms with Gasteiger partial charge in [0, 0.05) is 52.4 Å². The van der Waals surface area contributed by atoms with Gasteiger partial charge in [-0.3, -0.25) is 0 Å². The van der Waals surface area contributed by atoms with E-state index in [-0.39, 0.29) is 31.2 Å². The number of fused-ring (bicyclic) bond motifs is 1. The summed E-state index contributed by atoms with van der Waals surface area (Å²) in [4.78, 5) is 18.1. The maximum Gasteiger partial charge on any atom is 0.407 e. The number of piperidine rings is 1. The molecule has 250 valence electrons. The van der Waals surface area contributed by atoms with E-state index in [9.17, 15) is 9.90 Å². The molecule has 2 aromatic rings. The van der Waals surface area contributed by atoms with Gasteiger partial charge >= 0.3 is 6.09 Å². The topological polar surface area (TPSA) is 102 Å². The van der Waals surface area contributed by atoms with Crippen molar-refractivity contribution in [2.75, 3.05) is 92.4 Å². The van der Waals surface area contributed by atoms with Gasteiger partial charge in [-0.2, -0.15) is 0 Å². The Labute approximate surface area is 267 Å². The van der Waals surface area contributed by atoms with Crippen molar-refractivity contribution in [3.05, 3.63) is 53.6 Å². The molecule has 0 radical (unpaired) electrons. The summed E-state index contributed by atoms with van der Waals surface area (Å²) in [6, 6.07) is 14.3. The Morgan fingerprint density at radius 3 is 2.40 bits per heavy atom. The van der Waals surface area contributed by atoms with Crippen LogP contribution in [0.4, 0.5) is 10.5 Å². The van der Waals surface area contributed by atoms with Gasteiger partial charge in [-0.1, -0.05) is 18.2 Å².